The molecule has 0 fully saturated rings. The van der Waals surface area contributed by atoms with Crippen molar-refractivity contribution in [1.29, 1.82) is 0 Å². The van der Waals surface area contributed by atoms with Gasteiger partial charge in [0, 0.05) is 5.56 Å². The molecule has 0 saturated carbocycles. The Bertz CT molecular complexity index is 820. The van der Waals surface area contributed by atoms with Gasteiger partial charge in [-0.2, -0.15) is 0 Å². The summed E-state index contributed by atoms with van der Waals surface area (Å²) in [6.07, 6.45) is 0. The third-order valence-electron chi connectivity index (χ3n) is 3.71. The monoisotopic (exact) mass is 370 g/mol. The molecule has 27 heavy (non-hydrogen) atoms. The average Bonchev–Trinajstić information content (AvgIpc) is 2.66. The molecule has 142 valence electrons. The molecule has 7 heteroatoms. The fourth-order valence-corrected chi connectivity index (χ4v) is 2.30. The first-order chi connectivity index (χ1) is 12.9. The average molecular weight is 370 g/mol. The van der Waals surface area contributed by atoms with E-state index in [1.807, 2.05) is 13.0 Å². The van der Waals surface area contributed by atoms with E-state index in [0.717, 1.165) is 5.56 Å². The number of methoxy groups -OCH3 is 1. The van der Waals surface area contributed by atoms with Crippen LogP contribution in [0.2, 0.25) is 0 Å². The second kappa shape index (κ2) is 9.38. The molecule has 0 saturated heterocycles. The molecule has 0 aromatic heterocycles. The lowest BCUT2D eigenvalue weighted by atomic mass is 10.2. The van der Waals surface area contributed by atoms with E-state index >= 15 is 0 Å². The van der Waals surface area contributed by atoms with Crippen LogP contribution in [0.25, 0.3) is 0 Å². The van der Waals surface area contributed by atoms with Gasteiger partial charge in [-0.3, -0.25) is 9.59 Å². The molecule has 7 nitrogen and oxygen atoms in total. The summed E-state index contributed by atoms with van der Waals surface area (Å²) in [6.45, 7) is 2.90. The molecule has 0 heterocycles. The number of rotatable bonds is 7. The number of amides is 2. The van der Waals surface area contributed by atoms with Crippen molar-refractivity contribution in [3.05, 3.63) is 59.7 Å². The number of aryl methyl sites for hydroxylation is 1. The molecule has 2 N–H and O–H groups in total. The lowest BCUT2D eigenvalue weighted by molar-refractivity contribution is -0.148. The fraction of sp³-hybridized carbons (Fsp3) is 0.250. The van der Waals surface area contributed by atoms with Gasteiger partial charge in [-0.1, -0.05) is 24.3 Å². The van der Waals surface area contributed by atoms with Crippen LogP contribution in [0.5, 0.6) is 5.75 Å². The molecule has 0 spiro atoms. The molecule has 0 aliphatic heterocycles. The van der Waals surface area contributed by atoms with Crippen LogP contribution in [-0.4, -0.2) is 37.5 Å². The fourth-order valence-electron chi connectivity index (χ4n) is 2.30. The Hall–Kier alpha value is -3.35. The minimum atomic E-state index is -0.890. The van der Waals surface area contributed by atoms with Crippen molar-refractivity contribution in [2.45, 2.75) is 19.9 Å². The van der Waals surface area contributed by atoms with Crippen LogP contribution in [0.15, 0.2) is 48.5 Å². The van der Waals surface area contributed by atoms with Crippen molar-refractivity contribution in [3.63, 3.8) is 0 Å². The molecular formula is C20H22N2O5. The molecule has 0 bridgehead atoms. The van der Waals surface area contributed by atoms with E-state index in [2.05, 4.69) is 10.6 Å². The van der Waals surface area contributed by atoms with Crippen LogP contribution in [0.3, 0.4) is 0 Å². The second-order valence-corrected chi connectivity index (χ2v) is 5.92. The Morgan fingerprint density at radius 1 is 1.07 bits per heavy atom. The molecule has 2 amide bonds. The maximum Gasteiger partial charge on any atom is 0.328 e. The minimum absolute atomic E-state index is 0.394. The van der Waals surface area contributed by atoms with Gasteiger partial charge in [0.25, 0.3) is 11.8 Å². The van der Waals surface area contributed by atoms with Crippen molar-refractivity contribution in [2.75, 3.05) is 19.0 Å². The first kappa shape index (κ1) is 20.0. The van der Waals surface area contributed by atoms with Gasteiger partial charge in [-0.25, -0.2) is 4.79 Å². The molecule has 0 unspecified atom stereocenters. The minimum Gasteiger partial charge on any atom is -0.495 e. The lowest BCUT2D eigenvalue weighted by Gasteiger charge is -2.14. The standard InChI is InChI=1S/C20H22N2O5/c1-13-9-10-17(26-3)16(11-13)22-18(23)12-27-20(25)14(2)21-19(24)15-7-5-4-6-8-15/h4-11,14H,12H2,1-3H3,(H,21,24)(H,22,23)/t14-/m0/s1. The van der Waals surface area contributed by atoms with E-state index in [0.29, 0.717) is 17.0 Å². The molecule has 2 aromatic carbocycles. The summed E-state index contributed by atoms with van der Waals surface area (Å²) in [4.78, 5) is 36.1. The van der Waals surface area contributed by atoms with Crippen LogP contribution >= 0.6 is 0 Å². The van der Waals surface area contributed by atoms with Crippen LogP contribution < -0.4 is 15.4 Å². The third-order valence-corrected chi connectivity index (χ3v) is 3.71. The van der Waals surface area contributed by atoms with E-state index in [1.54, 1.807) is 42.5 Å². The Morgan fingerprint density at radius 3 is 2.44 bits per heavy atom. The van der Waals surface area contributed by atoms with Gasteiger partial charge in [-0.05, 0) is 43.7 Å². The Morgan fingerprint density at radius 2 is 1.78 bits per heavy atom. The summed E-state index contributed by atoms with van der Waals surface area (Å²) in [5.74, 6) is -1.10. The Balaban J connectivity index is 1.85. The van der Waals surface area contributed by atoms with E-state index in [1.165, 1.54) is 14.0 Å². The number of carbonyl (C=O) groups excluding carboxylic acids is 3. The summed E-state index contributed by atoms with van der Waals surface area (Å²) in [6, 6.07) is 13.0. The largest absolute Gasteiger partial charge is 0.495 e. The number of benzene rings is 2. The summed E-state index contributed by atoms with van der Waals surface area (Å²) < 4.78 is 10.2. The van der Waals surface area contributed by atoms with Gasteiger partial charge >= 0.3 is 5.97 Å². The van der Waals surface area contributed by atoms with Crippen molar-refractivity contribution < 1.29 is 23.9 Å². The number of hydrogen-bond acceptors (Lipinski definition) is 5. The van der Waals surface area contributed by atoms with Gasteiger partial charge in [-0.15, -0.1) is 0 Å². The van der Waals surface area contributed by atoms with E-state index in [-0.39, 0.29) is 0 Å². The van der Waals surface area contributed by atoms with Crippen molar-refractivity contribution in [1.82, 2.24) is 5.32 Å². The smallest absolute Gasteiger partial charge is 0.328 e. The highest BCUT2D eigenvalue weighted by Gasteiger charge is 2.19. The zero-order chi connectivity index (χ0) is 19.8. The highest BCUT2D eigenvalue weighted by atomic mass is 16.5. The van der Waals surface area contributed by atoms with Crippen molar-refractivity contribution in [2.24, 2.45) is 0 Å². The quantitative estimate of drug-likeness (QED) is 0.730. The van der Waals surface area contributed by atoms with Gasteiger partial charge in [0.2, 0.25) is 0 Å². The topological polar surface area (TPSA) is 93.7 Å². The normalized spacial score (nSPS) is 11.2. The number of nitrogens with one attached hydrogen (secondary N) is 2. The maximum atomic E-state index is 12.0. The third kappa shape index (κ3) is 5.85. The predicted molar refractivity (Wildman–Crippen MR) is 101 cm³/mol. The first-order valence-electron chi connectivity index (χ1n) is 8.37. The molecular weight excluding hydrogens is 348 g/mol. The van der Waals surface area contributed by atoms with Gasteiger partial charge in [0.15, 0.2) is 6.61 Å². The second-order valence-electron chi connectivity index (χ2n) is 5.92. The molecule has 2 rings (SSSR count). The van der Waals surface area contributed by atoms with Crippen LogP contribution in [0.1, 0.15) is 22.8 Å². The zero-order valence-corrected chi connectivity index (χ0v) is 15.4. The Kier molecular flexibility index (Phi) is 6.93. The molecule has 0 aliphatic carbocycles. The highest BCUT2D eigenvalue weighted by Crippen LogP contribution is 2.24. The molecule has 2 aromatic rings. The number of anilines is 1. The summed E-state index contributed by atoms with van der Waals surface area (Å²) in [7, 11) is 1.50. The summed E-state index contributed by atoms with van der Waals surface area (Å²) >= 11 is 0. The van der Waals surface area contributed by atoms with Crippen LogP contribution in [0.4, 0.5) is 5.69 Å². The van der Waals surface area contributed by atoms with E-state index in [9.17, 15) is 14.4 Å². The molecule has 0 radical (unpaired) electrons. The first-order valence-corrected chi connectivity index (χ1v) is 8.37. The van der Waals surface area contributed by atoms with E-state index < -0.39 is 30.4 Å². The van der Waals surface area contributed by atoms with Gasteiger partial charge < -0.3 is 20.1 Å². The van der Waals surface area contributed by atoms with Crippen molar-refractivity contribution >= 4 is 23.5 Å². The molecule has 0 aliphatic rings. The van der Waals surface area contributed by atoms with Crippen LogP contribution in [0, 0.1) is 6.92 Å². The molecule has 1 atom stereocenters. The summed E-state index contributed by atoms with van der Waals surface area (Å²) in [5, 5.41) is 5.16. The zero-order valence-electron chi connectivity index (χ0n) is 15.4. The Labute approximate surface area is 157 Å². The number of esters is 1. The summed E-state index contributed by atoms with van der Waals surface area (Å²) in [5.41, 5.74) is 1.87. The maximum absolute atomic E-state index is 12.0. The number of hydrogen-bond donors (Lipinski definition) is 2. The highest BCUT2D eigenvalue weighted by molar-refractivity contribution is 5.97. The van der Waals surface area contributed by atoms with Gasteiger partial charge in [0.05, 0.1) is 12.8 Å². The lowest BCUT2D eigenvalue weighted by Crippen LogP contribution is -2.40. The van der Waals surface area contributed by atoms with Crippen molar-refractivity contribution in [3.8, 4) is 5.75 Å². The van der Waals surface area contributed by atoms with Gasteiger partial charge in [0.1, 0.15) is 11.8 Å². The predicted octanol–water partition coefficient (Wildman–Crippen LogP) is 2.30. The number of ether oxygens (including phenoxy) is 2. The van der Waals surface area contributed by atoms with E-state index in [4.69, 9.17) is 9.47 Å². The number of carbonyl (C=O) groups is 3. The van der Waals surface area contributed by atoms with Crippen LogP contribution in [-0.2, 0) is 14.3 Å². The SMILES string of the molecule is COc1ccc(C)cc1NC(=O)COC(=O)[C@H](C)NC(=O)c1ccccc1.